The Kier molecular flexibility index (Phi) is 6.23. The minimum atomic E-state index is 0.661. The summed E-state index contributed by atoms with van der Waals surface area (Å²) in [5.74, 6) is 1.50. The highest BCUT2D eigenvalue weighted by Gasteiger charge is 2.27. The molecule has 6 heteroatoms. The van der Waals surface area contributed by atoms with Gasteiger partial charge >= 0.3 is 0 Å². The van der Waals surface area contributed by atoms with Crippen LogP contribution < -0.4 is 4.90 Å². The van der Waals surface area contributed by atoms with Crippen LogP contribution in [0.1, 0.15) is 56.4 Å². The van der Waals surface area contributed by atoms with Crippen molar-refractivity contribution >= 4 is 5.95 Å². The second-order valence-corrected chi connectivity index (χ2v) is 8.97. The van der Waals surface area contributed by atoms with Gasteiger partial charge in [0.05, 0.1) is 25.1 Å². The Bertz CT molecular complexity index is 807. The van der Waals surface area contributed by atoms with Gasteiger partial charge in [-0.2, -0.15) is 5.10 Å². The summed E-state index contributed by atoms with van der Waals surface area (Å²) in [6.07, 6.45) is 10.9. The van der Waals surface area contributed by atoms with Gasteiger partial charge in [-0.1, -0.05) is 43.5 Å². The number of piperidine rings is 1. The van der Waals surface area contributed by atoms with Crippen molar-refractivity contribution in [2.24, 2.45) is 0 Å². The fourth-order valence-corrected chi connectivity index (χ4v) is 5.30. The molecule has 5 rings (SSSR count). The van der Waals surface area contributed by atoms with Gasteiger partial charge in [0, 0.05) is 37.8 Å². The zero-order valence-electron chi connectivity index (χ0n) is 17.9. The van der Waals surface area contributed by atoms with E-state index in [9.17, 15) is 0 Å². The third-order valence-electron chi connectivity index (χ3n) is 7.14. The molecule has 0 N–H and O–H groups in total. The Morgan fingerprint density at radius 3 is 2.30 bits per heavy atom. The lowest BCUT2D eigenvalue weighted by Gasteiger charge is -2.39. The van der Waals surface area contributed by atoms with E-state index in [0.717, 1.165) is 75.4 Å². The van der Waals surface area contributed by atoms with E-state index in [1.807, 2.05) is 0 Å². The van der Waals surface area contributed by atoms with Gasteiger partial charge in [0.25, 0.3) is 0 Å². The number of morpholine rings is 1. The fourth-order valence-electron chi connectivity index (χ4n) is 5.30. The normalized spacial score (nSPS) is 22.3. The second-order valence-electron chi connectivity index (χ2n) is 8.97. The standard InChI is InChI=1S/C24H33N5O/c1-2-4-19(5-3-1)20-6-8-21(9-7-20)23-18-25-27-24(26-23)29-12-10-22(11-13-29)28-14-16-30-17-15-28/h6-9,18-19,22H,1-5,10-17H2. The van der Waals surface area contributed by atoms with Gasteiger partial charge in [0.1, 0.15) is 0 Å². The highest BCUT2D eigenvalue weighted by molar-refractivity contribution is 5.59. The van der Waals surface area contributed by atoms with Crippen LogP contribution in [-0.4, -0.2) is 65.5 Å². The molecule has 30 heavy (non-hydrogen) atoms. The average molecular weight is 408 g/mol. The first-order valence-electron chi connectivity index (χ1n) is 11.7. The van der Waals surface area contributed by atoms with E-state index in [1.165, 1.54) is 37.7 Å². The summed E-state index contributed by atoms with van der Waals surface area (Å²) in [7, 11) is 0. The van der Waals surface area contributed by atoms with Crippen LogP contribution in [0.15, 0.2) is 30.5 Å². The highest BCUT2D eigenvalue weighted by Crippen LogP contribution is 2.33. The van der Waals surface area contributed by atoms with E-state index in [1.54, 1.807) is 6.20 Å². The molecule has 2 saturated heterocycles. The maximum absolute atomic E-state index is 5.50. The molecule has 3 aliphatic rings. The Balaban J connectivity index is 1.23. The van der Waals surface area contributed by atoms with Gasteiger partial charge in [-0.05, 0) is 37.2 Å². The Labute approximate surface area is 179 Å². The monoisotopic (exact) mass is 407 g/mol. The maximum Gasteiger partial charge on any atom is 0.245 e. The number of nitrogens with zero attached hydrogens (tertiary/aromatic N) is 5. The molecule has 0 amide bonds. The predicted molar refractivity (Wildman–Crippen MR) is 119 cm³/mol. The lowest BCUT2D eigenvalue weighted by molar-refractivity contribution is 0.0114. The van der Waals surface area contributed by atoms with Gasteiger partial charge < -0.3 is 9.64 Å². The minimum absolute atomic E-state index is 0.661. The molecule has 0 bridgehead atoms. The van der Waals surface area contributed by atoms with Crippen LogP contribution in [0, 0.1) is 0 Å². The van der Waals surface area contributed by atoms with Crippen molar-refractivity contribution in [2.45, 2.75) is 56.9 Å². The second kappa shape index (κ2) is 9.40. The van der Waals surface area contributed by atoms with Gasteiger partial charge in [0.2, 0.25) is 5.95 Å². The Morgan fingerprint density at radius 2 is 1.57 bits per heavy atom. The number of rotatable bonds is 4. The van der Waals surface area contributed by atoms with Crippen molar-refractivity contribution in [3.05, 3.63) is 36.0 Å². The third-order valence-corrected chi connectivity index (χ3v) is 7.14. The molecule has 3 fully saturated rings. The van der Waals surface area contributed by atoms with Crippen molar-refractivity contribution in [1.82, 2.24) is 20.1 Å². The van der Waals surface area contributed by atoms with Crippen LogP contribution in [0.5, 0.6) is 0 Å². The van der Waals surface area contributed by atoms with Gasteiger partial charge in [-0.3, -0.25) is 4.90 Å². The zero-order valence-corrected chi connectivity index (χ0v) is 17.9. The van der Waals surface area contributed by atoms with E-state index in [0.29, 0.717) is 6.04 Å². The first kappa shape index (κ1) is 19.9. The zero-order chi connectivity index (χ0) is 20.2. The van der Waals surface area contributed by atoms with Gasteiger partial charge in [-0.25, -0.2) is 4.98 Å². The van der Waals surface area contributed by atoms with Crippen molar-refractivity contribution in [1.29, 1.82) is 0 Å². The largest absolute Gasteiger partial charge is 0.379 e. The molecular formula is C24H33N5O. The quantitative estimate of drug-likeness (QED) is 0.767. The number of anilines is 1. The molecule has 1 saturated carbocycles. The van der Waals surface area contributed by atoms with E-state index in [2.05, 4.69) is 44.3 Å². The van der Waals surface area contributed by atoms with Gasteiger partial charge in [0.15, 0.2) is 0 Å². The molecule has 3 heterocycles. The van der Waals surface area contributed by atoms with Crippen LogP contribution in [0.25, 0.3) is 11.3 Å². The van der Waals surface area contributed by atoms with Crippen LogP contribution in [-0.2, 0) is 4.74 Å². The molecule has 0 radical (unpaired) electrons. The van der Waals surface area contributed by atoms with E-state index in [4.69, 9.17) is 9.72 Å². The molecule has 1 aromatic carbocycles. The van der Waals surface area contributed by atoms with Crippen molar-refractivity contribution in [2.75, 3.05) is 44.3 Å². The molecule has 6 nitrogen and oxygen atoms in total. The van der Waals surface area contributed by atoms with Crippen molar-refractivity contribution in [3.8, 4) is 11.3 Å². The summed E-state index contributed by atoms with van der Waals surface area (Å²) < 4.78 is 5.50. The number of aromatic nitrogens is 3. The summed E-state index contributed by atoms with van der Waals surface area (Å²) in [5, 5.41) is 8.62. The molecule has 1 aromatic heterocycles. The van der Waals surface area contributed by atoms with Crippen LogP contribution in [0.2, 0.25) is 0 Å². The van der Waals surface area contributed by atoms with Crippen LogP contribution >= 0.6 is 0 Å². The van der Waals surface area contributed by atoms with Crippen LogP contribution in [0.3, 0.4) is 0 Å². The molecule has 2 aliphatic heterocycles. The number of hydrogen-bond acceptors (Lipinski definition) is 6. The lowest BCUT2D eigenvalue weighted by atomic mass is 9.84. The smallest absolute Gasteiger partial charge is 0.245 e. The first-order valence-corrected chi connectivity index (χ1v) is 11.7. The third kappa shape index (κ3) is 4.49. The molecule has 0 unspecified atom stereocenters. The summed E-state index contributed by atoms with van der Waals surface area (Å²) >= 11 is 0. The molecule has 0 spiro atoms. The van der Waals surface area contributed by atoms with Gasteiger partial charge in [-0.15, -0.1) is 5.10 Å². The predicted octanol–water partition coefficient (Wildman–Crippen LogP) is 3.89. The number of ether oxygens (including phenoxy) is 1. The maximum atomic E-state index is 5.50. The fraction of sp³-hybridized carbons (Fsp3) is 0.625. The van der Waals surface area contributed by atoms with Crippen molar-refractivity contribution in [3.63, 3.8) is 0 Å². The summed E-state index contributed by atoms with van der Waals surface area (Å²) in [4.78, 5) is 9.75. The Morgan fingerprint density at radius 1 is 0.833 bits per heavy atom. The summed E-state index contributed by atoms with van der Waals surface area (Å²) in [5.41, 5.74) is 3.53. The van der Waals surface area contributed by atoms with E-state index in [-0.39, 0.29) is 0 Å². The number of benzene rings is 1. The number of hydrogen-bond donors (Lipinski definition) is 0. The SMILES string of the molecule is c1cc(C2CCCCC2)ccc1-c1cnnc(N2CCC(N3CCOCC3)CC2)n1. The topological polar surface area (TPSA) is 54.4 Å². The first-order chi connectivity index (χ1) is 14.9. The van der Waals surface area contributed by atoms with Crippen molar-refractivity contribution < 1.29 is 4.74 Å². The molecular weight excluding hydrogens is 374 g/mol. The summed E-state index contributed by atoms with van der Waals surface area (Å²) in [6.45, 7) is 5.86. The minimum Gasteiger partial charge on any atom is -0.379 e. The van der Waals surface area contributed by atoms with E-state index >= 15 is 0 Å². The Hall–Kier alpha value is -2.05. The highest BCUT2D eigenvalue weighted by atomic mass is 16.5. The van der Waals surface area contributed by atoms with E-state index < -0.39 is 0 Å². The average Bonchev–Trinajstić information content (AvgIpc) is 2.85. The summed E-state index contributed by atoms with van der Waals surface area (Å²) in [6, 6.07) is 9.67. The molecule has 160 valence electrons. The lowest BCUT2D eigenvalue weighted by Crippen LogP contribution is -2.49. The van der Waals surface area contributed by atoms with Crippen LogP contribution in [0.4, 0.5) is 5.95 Å². The molecule has 0 atom stereocenters. The molecule has 2 aromatic rings. The molecule has 1 aliphatic carbocycles.